The Bertz CT molecular complexity index is 595. The fourth-order valence-corrected chi connectivity index (χ4v) is 1.92. The van der Waals surface area contributed by atoms with E-state index in [0.717, 1.165) is 10.6 Å². The number of pyridine rings is 1. The van der Waals surface area contributed by atoms with Crippen LogP contribution >= 0.6 is 11.3 Å². The zero-order chi connectivity index (χ0) is 13.7. The number of aryl methyl sites for hydroxylation is 1. The van der Waals surface area contributed by atoms with E-state index in [1.807, 2.05) is 6.07 Å². The van der Waals surface area contributed by atoms with Crippen LogP contribution in [0.3, 0.4) is 0 Å². The number of thiazole rings is 1. The van der Waals surface area contributed by atoms with Crippen LogP contribution in [0.1, 0.15) is 16.3 Å². The summed E-state index contributed by atoms with van der Waals surface area (Å²) in [4.78, 5) is 24.1. The van der Waals surface area contributed by atoms with Gasteiger partial charge in [0.1, 0.15) is 12.3 Å². The number of carboxylic acid groups (broad SMARTS) is 1. The van der Waals surface area contributed by atoms with Crippen molar-refractivity contribution in [2.24, 2.45) is 5.16 Å². The molecule has 98 valence electrons. The quantitative estimate of drug-likeness (QED) is 0.666. The number of hydrogen-bond acceptors (Lipinski definition) is 6. The predicted molar refractivity (Wildman–Crippen MR) is 70.0 cm³/mol. The maximum atomic E-state index is 11.1. The largest absolute Gasteiger partial charge is 0.476 e. The zero-order valence-corrected chi connectivity index (χ0v) is 10.9. The molecule has 0 aliphatic rings. The molecule has 0 fully saturated rings. The highest BCUT2D eigenvalue weighted by Gasteiger charge is 2.16. The van der Waals surface area contributed by atoms with Gasteiger partial charge < -0.3 is 9.94 Å². The van der Waals surface area contributed by atoms with Crippen molar-refractivity contribution >= 4 is 23.0 Å². The van der Waals surface area contributed by atoms with Crippen LogP contribution in [-0.4, -0.2) is 26.8 Å². The summed E-state index contributed by atoms with van der Waals surface area (Å²) in [6, 6.07) is 3.58. The number of oxime groups is 1. The molecule has 0 saturated heterocycles. The van der Waals surface area contributed by atoms with Gasteiger partial charge in [-0.25, -0.2) is 9.78 Å². The third kappa shape index (κ3) is 3.59. The number of nitrogens with zero attached hydrogens (tertiary/aromatic N) is 3. The number of carbonyl (C=O) groups is 1. The zero-order valence-electron chi connectivity index (χ0n) is 10.1. The minimum atomic E-state index is -1.17. The molecule has 2 heterocycles. The molecule has 0 aromatic carbocycles. The molecule has 0 bridgehead atoms. The van der Waals surface area contributed by atoms with Crippen molar-refractivity contribution in [1.82, 2.24) is 9.97 Å². The van der Waals surface area contributed by atoms with E-state index in [1.54, 1.807) is 30.8 Å². The van der Waals surface area contributed by atoms with Gasteiger partial charge in [0.15, 0.2) is 0 Å². The fourth-order valence-electron chi connectivity index (χ4n) is 1.32. The average molecular weight is 277 g/mol. The van der Waals surface area contributed by atoms with Gasteiger partial charge in [-0.2, -0.15) is 0 Å². The predicted octanol–water partition coefficient (Wildman–Crippen LogP) is 1.85. The lowest BCUT2D eigenvalue weighted by Gasteiger charge is -2.00. The maximum Gasteiger partial charge on any atom is 0.360 e. The highest BCUT2D eigenvalue weighted by molar-refractivity contribution is 7.09. The van der Waals surface area contributed by atoms with Crippen molar-refractivity contribution in [1.29, 1.82) is 0 Å². The summed E-state index contributed by atoms with van der Waals surface area (Å²) in [5.74, 6) is -1.17. The Morgan fingerprint density at radius 1 is 1.58 bits per heavy atom. The summed E-state index contributed by atoms with van der Waals surface area (Å²) in [6.45, 7) is 1.96. The molecule has 2 aromatic heterocycles. The van der Waals surface area contributed by atoms with E-state index in [4.69, 9.17) is 9.94 Å². The summed E-state index contributed by atoms with van der Waals surface area (Å²) >= 11 is 1.36. The number of aliphatic carboxylic acids is 1. The molecule has 6 nitrogen and oxygen atoms in total. The van der Waals surface area contributed by atoms with E-state index >= 15 is 0 Å². The van der Waals surface area contributed by atoms with E-state index in [-0.39, 0.29) is 12.3 Å². The number of hydrogen-bond donors (Lipinski definition) is 1. The van der Waals surface area contributed by atoms with Crippen LogP contribution in [0, 0.1) is 6.92 Å². The van der Waals surface area contributed by atoms with Gasteiger partial charge >= 0.3 is 5.97 Å². The maximum absolute atomic E-state index is 11.1. The van der Waals surface area contributed by atoms with Crippen molar-refractivity contribution in [2.75, 3.05) is 0 Å². The molecular weight excluding hydrogens is 266 g/mol. The smallest absolute Gasteiger partial charge is 0.360 e. The first-order chi connectivity index (χ1) is 9.16. The second-order valence-corrected chi connectivity index (χ2v) is 4.69. The lowest BCUT2D eigenvalue weighted by Crippen LogP contribution is -2.15. The van der Waals surface area contributed by atoms with Crippen molar-refractivity contribution in [3.8, 4) is 0 Å². The number of aromatic nitrogens is 2. The normalized spacial score (nSPS) is 11.3. The van der Waals surface area contributed by atoms with E-state index < -0.39 is 5.97 Å². The van der Waals surface area contributed by atoms with Crippen LogP contribution < -0.4 is 0 Å². The monoisotopic (exact) mass is 277 g/mol. The first kappa shape index (κ1) is 13.2. The second-order valence-electron chi connectivity index (χ2n) is 3.63. The summed E-state index contributed by atoms with van der Waals surface area (Å²) in [7, 11) is 0. The second kappa shape index (κ2) is 6.05. The van der Waals surface area contributed by atoms with Crippen LogP contribution in [0.15, 0.2) is 35.1 Å². The summed E-state index contributed by atoms with van der Waals surface area (Å²) in [6.07, 6.45) is 3.27. The summed E-state index contributed by atoms with van der Waals surface area (Å²) in [5, 5.41) is 15.1. The Labute approximate surface area is 113 Å². The van der Waals surface area contributed by atoms with E-state index in [0.29, 0.717) is 5.69 Å². The van der Waals surface area contributed by atoms with Crippen molar-refractivity contribution < 1.29 is 14.7 Å². The Kier molecular flexibility index (Phi) is 4.19. The standard InChI is InChI=1S/C12H11N3O3S/c1-8-14-10(7-19-8)11(12(16)17)15-18-6-9-3-2-4-13-5-9/h2-5,7H,6H2,1H3,(H,16,17)/b15-11-. The fraction of sp³-hybridized carbons (Fsp3) is 0.167. The molecule has 0 aliphatic heterocycles. The molecule has 0 atom stereocenters. The molecule has 0 spiro atoms. The molecule has 2 rings (SSSR count). The highest BCUT2D eigenvalue weighted by Crippen LogP contribution is 2.10. The Hall–Kier alpha value is -2.28. The molecule has 2 aromatic rings. The molecule has 0 radical (unpaired) electrons. The molecule has 19 heavy (non-hydrogen) atoms. The molecule has 7 heteroatoms. The molecule has 0 unspecified atom stereocenters. The van der Waals surface area contributed by atoms with Crippen molar-refractivity contribution in [2.45, 2.75) is 13.5 Å². The molecule has 0 amide bonds. The molecule has 0 saturated carbocycles. The topological polar surface area (TPSA) is 84.7 Å². The molecule has 1 N–H and O–H groups in total. The van der Waals surface area contributed by atoms with Gasteiger partial charge in [0.05, 0.1) is 5.01 Å². The van der Waals surface area contributed by atoms with Gasteiger partial charge in [0, 0.05) is 23.3 Å². The third-order valence-corrected chi connectivity index (χ3v) is 2.95. The van der Waals surface area contributed by atoms with Crippen LogP contribution in [0.4, 0.5) is 0 Å². The van der Waals surface area contributed by atoms with Crippen LogP contribution in [-0.2, 0) is 16.2 Å². The Balaban J connectivity index is 2.08. The summed E-state index contributed by atoms with van der Waals surface area (Å²) in [5.41, 5.74) is 0.917. The van der Waals surface area contributed by atoms with Gasteiger partial charge in [-0.3, -0.25) is 4.98 Å². The molecule has 0 aliphatic carbocycles. The minimum Gasteiger partial charge on any atom is -0.476 e. The molecular formula is C12H11N3O3S. The van der Waals surface area contributed by atoms with E-state index in [2.05, 4.69) is 15.1 Å². The third-order valence-electron chi connectivity index (χ3n) is 2.17. The number of rotatable bonds is 5. The summed E-state index contributed by atoms with van der Waals surface area (Å²) < 4.78 is 0. The average Bonchev–Trinajstić information content (AvgIpc) is 2.82. The van der Waals surface area contributed by atoms with Crippen molar-refractivity contribution in [3.63, 3.8) is 0 Å². The SMILES string of the molecule is Cc1nc(/C(=N/OCc2cccnc2)C(=O)O)cs1. The Morgan fingerprint density at radius 2 is 2.42 bits per heavy atom. The van der Waals surface area contributed by atoms with E-state index in [1.165, 1.54) is 11.3 Å². The lowest BCUT2D eigenvalue weighted by atomic mass is 10.3. The van der Waals surface area contributed by atoms with Gasteiger partial charge in [-0.05, 0) is 13.0 Å². The van der Waals surface area contributed by atoms with Crippen LogP contribution in [0.25, 0.3) is 0 Å². The minimum absolute atomic E-state index is 0.160. The van der Waals surface area contributed by atoms with Crippen molar-refractivity contribution in [3.05, 3.63) is 46.2 Å². The van der Waals surface area contributed by atoms with Crippen LogP contribution in [0.5, 0.6) is 0 Å². The lowest BCUT2D eigenvalue weighted by molar-refractivity contribution is -0.129. The number of carboxylic acids is 1. The van der Waals surface area contributed by atoms with Gasteiger partial charge in [0.25, 0.3) is 0 Å². The highest BCUT2D eigenvalue weighted by atomic mass is 32.1. The van der Waals surface area contributed by atoms with Crippen LogP contribution in [0.2, 0.25) is 0 Å². The Morgan fingerprint density at radius 3 is 3.00 bits per heavy atom. The van der Waals surface area contributed by atoms with E-state index in [9.17, 15) is 4.79 Å². The first-order valence-corrected chi connectivity index (χ1v) is 6.29. The first-order valence-electron chi connectivity index (χ1n) is 5.41. The van der Waals surface area contributed by atoms with Gasteiger partial charge in [-0.1, -0.05) is 11.2 Å². The van der Waals surface area contributed by atoms with Gasteiger partial charge in [-0.15, -0.1) is 11.3 Å². The van der Waals surface area contributed by atoms with Gasteiger partial charge in [0.2, 0.25) is 5.71 Å².